The molecule has 0 fully saturated rings. The predicted molar refractivity (Wildman–Crippen MR) is 72.6 cm³/mol. The molecule has 96 valence electrons. The van der Waals surface area contributed by atoms with Gasteiger partial charge in [-0.1, -0.05) is 12.1 Å². The Hall–Kier alpha value is -2.02. The van der Waals surface area contributed by atoms with E-state index in [0.29, 0.717) is 5.84 Å². The van der Waals surface area contributed by atoms with E-state index in [-0.39, 0.29) is 6.04 Å². The summed E-state index contributed by atoms with van der Waals surface area (Å²) in [5.74, 6) is 1.54. The molecule has 1 aromatic rings. The molecular weight excluding hydrogens is 226 g/mol. The summed E-state index contributed by atoms with van der Waals surface area (Å²) in [4.78, 5) is 4.37. The zero-order valence-corrected chi connectivity index (χ0v) is 11.1. The lowest BCUT2D eigenvalue weighted by Crippen LogP contribution is -2.16. The summed E-state index contributed by atoms with van der Waals surface area (Å²) in [6.07, 6.45) is 3.79. The molecule has 0 aromatic heterocycles. The Labute approximate surface area is 108 Å². The van der Waals surface area contributed by atoms with Gasteiger partial charge in [-0.15, -0.1) is 0 Å². The van der Waals surface area contributed by atoms with Gasteiger partial charge in [0.1, 0.15) is 11.6 Å². The van der Waals surface area contributed by atoms with E-state index in [1.807, 2.05) is 25.2 Å². The summed E-state index contributed by atoms with van der Waals surface area (Å²) in [5, 5.41) is 11.0. The van der Waals surface area contributed by atoms with Crippen molar-refractivity contribution in [2.24, 2.45) is 4.99 Å². The van der Waals surface area contributed by atoms with Crippen LogP contribution in [0.3, 0.4) is 0 Å². The molecule has 0 amide bonds. The molecule has 18 heavy (non-hydrogen) atoms. The minimum Gasteiger partial charge on any atom is -0.497 e. The fourth-order valence-corrected chi connectivity index (χ4v) is 1.68. The van der Waals surface area contributed by atoms with Gasteiger partial charge in [-0.05, 0) is 44.4 Å². The number of benzene rings is 1. The third-order valence-electron chi connectivity index (χ3n) is 2.66. The summed E-state index contributed by atoms with van der Waals surface area (Å²) in [6.45, 7) is 3.85. The van der Waals surface area contributed by atoms with E-state index >= 15 is 0 Å². The van der Waals surface area contributed by atoms with Crippen molar-refractivity contribution in [3.63, 3.8) is 0 Å². The van der Waals surface area contributed by atoms with Crippen molar-refractivity contribution < 1.29 is 4.74 Å². The lowest BCUT2D eigenvalue weighted by molar-refractivity contribution is 0.414. The van der Waals surface area contributed by atoms with E-state index in [1.54, 1.807) is 14.0 Å². The number of rotatable bonds is 5. The highest BCUT2D eigenvalue weighted by molar-refractivity contribution is 5.80. The number of methoxy groups -OCH3 is 1. The molecular formula is C14H19N3O. The molecule has 0 heterocycles. The molecule has 4 nitrogen and oxygen atoms in total. The number of nitriles is 1. The molecule has 1 atom stereocenters. The van der Waals surface area contributed by atoms with Crippen molar-refractivity contribution in [1.82, 2.24) is 5.32 Å². The van der Waals surface area contributed by atoms with Crippen molar-refractivity contribution in [1.29, 1.82) is 5.26 Å². The van der Waals surface area contributed by atoms with Crippen molar-refractivity contribution in [2.75, 3.05) is 7.11 Å². The third-order valence-corrected chi connectivity index (χ3v) is 2.66. The highest BCUT2D eigenvalue weighted by atomic mass is 16.5. The minimum absolute atomic E-state index is 0.202. The number of aryl methyl sites for hydroxylation is 1. The van der Waals surface area contributed by atoms with Gasteiger partial charge >= 0.3 is 0 Å². The lowest BCUT2D eigenvalue weighted by atomic mass is 10.1. The molecule has 0 saturated carbocycles. The van der Waals surface area contributed by atoms with Crippen LogP contribution in [0.1, 0.15) is 25.8 Å². The average Bonchev–Trinajstić information content (AvgIpc) is 2.37. The Morgan fingerprint density at radius 1 is 1.44 bits per heavy atom. The molecule has 0 radical (unpaired) electrons. The number of nitrogens with one attached hydrogen (secondary N) is 1. The van der Waals surface area contributed by atoms with Crippen molar-refractivity contribution >= 4 is 5.84 Å². The Kier molecular flexibility index (Phi) is 5.72. The lowest BCUT2D eigenvalue weighted by Gasteiger charge is -2.08. The second-order valence-electron chi connectivity index (χ2n) is 4.19. The standard InChI is InChI=1S/C14H19N3O/c1-11(17-12(2)16-10-15)4-5-13-6-8-14(18-3)9-7-13/h6-9,11H,4-5H2,1-3H3,(H,16,17)/t11-/m1/s1. The number of aliphatic imine (C=N–C) groups is 1. The SMILES string of the molecule is COc1ccc(CC[C@@H](C)N=C(C)NC#N)cc1. The van der Waals surface area contributed by atoms with Crippen LogP contribution >= 0.6 is 0 Å². The van der Waals surface area contributed by atoms with Gasteiger partial charge in [-0.25, -0.2) is 0 Å². The molecule has 0 saturated heterocycles. The van der Waals surface area contributed by atoms with Crippen LogP contribution in [0.4, 0.5) is 0 Å². The van der Waals surface area contributed by atoms with Crippen LogP contribution in [0.25, 0.3) is 0 Å². The first-order valence-corrected chi connectivity index (χ1v) is 5.98. The maximum atomic E-state index is 8.45. The molecule has 1 aromatic carbocycles. The second kappa shape index (κ2) is 7.33. The summed E-state index contributed by atoms with van der Waals surface area (Å²) in [7, 11) is 1.66. The third kappa shape index (κ3) is 4.88. The Bertz CT molecular complexity index is 431. The van der Waals surface area contributed by atoms with Crippen LogP contribution in [-0.4, -0.2) is 19.0 Å². The van der Waals surface area contributed by atoms with Gasteiger partial charge < -0.3 is 4.74 Å². The predicted octanol–water partition coefficient (Wildman–Crippen LogP) is 2.51. The van der Waals surface area contributed by atoms with Gasteiger partial charge in [-0.3, -0.25) is 10.3 Å². The first-order valence-electron chi connectivity index (χ1n) is 5.98. The van der Waals surface area contributed by atoms with Gasteiger partial charge in [0.2, 0.25) is 0 Å². The summed E-state index contributed by atoms with van der Waals surface area (Å²) in [5.41, 5.74) is 1.27. The highest BCUT2D eigenvalue weighted by Gasteiger charge is 2.02. The smallest absolute Gasteiger partial charge is 0.182 e. The maximum absolute atomic E-state index is 8.45. The zero-order valence-electron chi connectivity index (χ0n) is 11.1. The summed E-state index contributed by atoms with van der Waals surface area (Å²) in [6, 6.07) is 8.26. The Morgan fingerprint density at radius 2 is 2.11 bits per heavy atom. The van der Waals surface area contributed by atoms with Gasteiger partial charge in [0, 0.05) is 6.04 Å². The van der Waals surface area contributed by atoms with Crippen LogP contribution in [0, 0.1) is 11.5 Å². The monoisotopic (exact) mass is 245 g/mol. The first kappa shape index (κ1) is 14.0. The first-order chi connectivity index (χ1) is 8.65. The molecule has 1 N–H and O–H groups in total. The molecule has 0 aliphatic rings. The second-order valence-corrected chi connectivity index (χ2v) is 4.19. The van der Waals surface area contributed by atoms with Crippen LogP contribution in [0.15, 0.2) is 29.3 Å². The topological polar surface area (TPSA) is 57.4 Å². The van der Waals surface area contributed by atoms with Gasteiger partial charge in [0.05, 0.1) is 7.11 Å². The summed E-state index contributed by atoms with van der Waals surface area (Å²) >= 11 is 0. The van der Waals surface area contributed by atoms with Crippen LogP contribution < -0.4 is 10.1 Å². The van der Waals surface area contributed by atoms with E-state index in [4.69, 9.17) is 10.00 Å². The minimum atomic E-state index is 0.202. The van der Waals surface area contributed by atoms with Crippen molar-refractivity contribution in [3.05, 3.63) is 29.8 Å². The molecule has 0 unspecified atom stereocenters. The molecule has 0 aliphatic heterocycles. The molecule has 0 aliphatic carbocycles. The van der Waals surface area contributed by atoms with Crippen molar-refractivity contribution in [2.45, 2.75) is 32.7 Å². The number of ether oxygens (including phenoxy) is 1. The molecule has 0 spiro atoms. The Balaban J connectivity index is 2.44. The van der Waals surface area contributed by atoms with E-state index in [1.165, 1.54) is 5.56 Å². The van der Waals surface area contributed by atoms with Gasteiger partial charge in [-0.2, -0.15) is 5.26 Å². The van der Waals surface area contributed by atoms with E-state index in [9.17, 15) is 0 Å². The maximum Gasteiger partial charge on any atom is 0.182 e. The zero-order chi connectivity index (χ0) is 13.4. The molecule has 1 rings (SSSR count). The number of hydrogen-bond acceptors (Lipinski definition) is 3. The fraction of sp³-hybridized carbons (Fsp3) is 0.429. The molecule has 0 bridgehead atoms. The van der Waals surface area contributed by atoms with E-state index in [2.05, 4.69) is 22.4 Å². The Morgan fingerprint density at radius 3 is 2.67 bits per heavy atom. The van der Waals surface area contributed by atoms with Gasteiger partial charge in [0.15, 0.2) is 6.19 Å². The quantitative estimate of drug-likeness (QED) is 0.375. The number of nitrogens with zero attached hydrogens (tertiary/aromatic N) is 2. The van der Waals surface area contributed by atoms with Gasteiger partial charge in [0.25, 0.3) is 0 Å². The highest BCUT2D eigenvalue weighted by Crippen LogP contribution is 2.13. The van der Waals surface area contributed by atoms with Crippen LogP contribution in [0.2, 0.25) is 0 Å². The fourth-order valence-electron chi connectivity index (χ4n) is 1.68. The van der Waals surface area contributed by atoms with Crippen molar-refractivity contribution in [3.8, 4) is 11.9 Å². The van der Waals surface area contributed by atoms with Crippen LogP contribution in [0.5, 0.6) is 5.75 Å². The van der Waals surface area contributed by atoms with E-state index in [0.717, 1.165) is 18.6 Å². The number of hydrogen-bond donors (Lipinski definition) is 1. The average molecular weight is 245 g/mol. The molecule has 4 heteroatoms. The largest absolute Gasteiger partial charge is 0.497 e. The number of amidine groups is 1. The normalized spacial score (nSPS) is 12.7. The van der Waals surface area contributed by atoms with E-state index < -0.39 is 0 Å². The van der Waals surface area contributed by atoms with Crippen LogP contribution in [-0.2, 0) is 6.42 Å². The summed E-state index contributed by atoms with van der Waals surface area (Å²) < 4.78 is 5.11.